The lowest BCUT2D eigenvalue weighted by molar-refractivity contribution is -0.151. The van der Waals surface area contributed by atoms with E-state index in [4.69, 9.17) is 4.74 Å². The summed E-state index contributed by atoms with van der Waals surface area (Å²) in [6, 6.07) is 8.01. The molecule has 1 amide bonds. The van der Waals surface area contributed by atoms with Gasteiger partial charge >= 0.3 is 11.9 Å². The number of carbonyl (C=O) groups is 3. The Hall–Kier alpha value is -4.21. The van der Waals surface area contributed by atoms with Gasteiger partial charge in [-0.2, -0.15) is 0 Å². The summed E-state index contributed by atoms with van der Waals surface area (Å²) >= 11 is 0. The number of amides is 1. The zero-order valence-corrected chi connectivity index (χ0v) is 19.3. The number of benzene rings is 2. The number of methoxy groups -OCH3 is 1. The Morgan fingerprint density at radius 1 is 0.914 bits per heavy atom. The van der Waals surface area contributed by atoms with Crippen molar-refractivity contribution in [2.24, 2.45) is 0 Å². The van der Waals surface area contributed by atoms with Gasteiger partial charge in [0.05, 0.1) is 7.11 Å². The van der Waals surface area contributed by atoms with Crippen LogP contribution in [0.2, 0.25) is 0 Å². The Bertz CT molecular complexity index is 1060. The SMILES string of the molecule is COC(=O)CCCCCNC(=O)[C@@H](Cc1ccc(O)c(O)c1)OC(=O)/C=C/c1ccc(O)c(O)c1. The van der Waals surface area contributed by atoms with Crippen LogP contribution >= 0.6 is 0 Å². The summed E-state index contributed by atoms with van der Waals surface area (Å²) in [7, 11) is 1.32. The smallest absolute Gasteiger partial charge is 0.331 e. The molecule has 0 spiro atoms. The number of hydrogen-bond acceptors (Lipinski definition) is 9. The Balaban J connectivity index is 2.00. The number of aromatic hydroxyl groups is 4. The van der Waals surface area contributed by atoms with Gasteiger partial charge in [0, 0.05) is 25.5 Å². The summed E-state index contributed by atoms with van der Waals surface area (Å²) in [6.07, 6.45) is 3.35. The third kappa shape index (κ3) is 9.28. The van der Waals surface area contributed by atoms with Crippen molar-refractivity contribution in [1.82, 2.24) is 5.32 Å². The quantitative estimate of drug-likeness (QED) is 0.131. The summed E-state index contributed by atoms with van der Waals surface area (Å²) in [5, 5.41) is 40.8. The lowest BCUT2D eigenvalue weighted by atomic mass is 10.1. The van der Waals surface area contributed by atoms with Gasteiger partial charge in [-0.1, -0.05) is 18.6 Å². The van der Waals surface area contributed by atoms with Crippen molar-refractivity contribution in [3.8, 4) is 23.0 Å². The van der Waals surface area contributed by atoms with Gasteiger partial charge in [0.25, 0.3) is 5.91 Å². The fraction of sp³-hybridized carbons (Fsp3) is 0.320. The zero-order chi connectivity index (χ0) is 25.8. The van der Waals surface area contributed by atoms with Crippen LogP contribution in [0.4, 0.5) is 0 Å². The summed E-state index contributed by atoms with van der Waals surface area (Å²) in [5.41, 5.74) is 0.882. The molecule has 0 fully saturated rings. The van der Waals surface area contributed by atoms with Crippen molar-refractivity contribution in [3.63, 3.8) is 0 Å². The van der Waals surface area contributed by atoms with Crippen molar-refractivity contribution in [3.05, 3.63) is 53.6 Å². The van der Waals surface area contributed by atoms with E-state index >= 15 is 0 Å². The molecule has 2 aromatic carbocycles. The molecule has 0 saturated heterocycles. The first-order chi connectivity index (χ1) is 16.7. The first-order valence-electron chi connectivity index (χ1n) is 11.0. The van der Waals surface area contributed by atoms with Crippen LogP contribution in [-0.4, -0.2) is 58.0 Å². The molecular weight excluding hydrogens is 458 g/mol. The maximum atomic E-state index is 12.7. The van der Waals surface area contributed by atoms with E-state index in [1.54, 1.807) is 0 Å². The van der Waals surface area contributed by atoms with Crippen molar-refractivity contribution >= 4 is 23.9 Å². The van der Waals surface area contributed by atoms with Crippen molar-refractivity contribution in [2.75, 3.05) is 13.7 Å². The second kappa shape index (κ2) is 13.5. The second-order valence-corrected chi connectivity index (χ2v) is 7.71. The minimum Gasteiger partial charge on any atom is -0.504 e. The number of hydrogen-bond donors (Lipinski definition) is 5. The average molecular weight is 488 g/mol. The zero-order valence-electron chi connectivity index (χ0n) is 19.3. The van der Waals surface area contributed by atoms with E-state index in [-0.39, 0.29) is 35.4 Å². The molecule has 35 heavy (non-hydrogen) atoms. The third-order valence-electron chi connectivity index (χ3n) is 5.01. The fourth-order valence-corrected chi connectivity index (χ4v) is 3.08. The van der Waals surface area contributed by atoms with E-state index in [1.165, 1.54) is 49.6 Å². The number of esters is 2. The van der Waals surface area contributed by atoms with E-state index in [2.05, 4.69) is 10.1 Å². The molecule has 1 atom stereocenters. The van der Waals surface area contributed by atoms with Crippen LogP contribution in [0.1, 0.15) is 36.8 Å². The van der Waals surface area contributed by atoms with Crippen molar-refractivity contribution < 1.29 is 44.3 Å². The van der Waals surface area contributed by atoms with E-state index in [0.29, 0.717) is 43.4 Å². The predicted octanol–water partition coefficient (Wildman–Crippen LogP) is 2.53. The van der Waals surface area contributed by atoms with Crippen LogP contribution in [0.3, 0.4) is 0 Å². The first-order valence-corrected chi connectivity index (χ1v) is 11.0. The van der Waals surface area contributed by atoms with E-state index in [1.807, 2.05) is 0 Å². The fourth-order valence-electron chi connectivity index (χ4n) is 3.08. The minimum atomic E-state index is -1.22. The Labute approximate surface area is 202 Å². The molecule has 0 aliphatic carbocycles. The molecular formula is C25H29NO9. The van der Waals surface area contributed by atoms with Gasteiger partial charge in [-0.3, -0.25) is 9.59 Å². The highest BCUT2D eigenvalue weighted by atomic mass is 16.5. The molecule has 0 saturated carbocycles. The Morgan fingerprint density at radius 2 is 1.60 bits per heavy atom. The molecule has 10 heteroatoms. The summed E-state index contributed by atoms with van der Waals surface area (Å²) < 4.78 is 9.91. The molecule has 0 radical (unpaired) electrons. The van der Waals surface area contributed by atoms with Crippen LogP contribution in [0.5, 0.6) is 23.0 Å². The van der Waals surface area contributed by atoms with Gasteiger partial charge in [0.2, 0.25) is 0 Å². The standard InChI is InChI=1S/C25H29NO9/c1-34-23(31)5-3-2-4-12-26-25(33)22(15-17-7-10-19(28)21(30)14-17)35-24(32)11-8-16-6-9-18(27)20(29)13-16/h6-11,13-14,22,27-30H,2-5,12,15H2,1H3,(H,26,33)/b11-8+/t22-/m1/s1. The molecule has 0 heterocycles. The van der Waals surface area contributed by atoms with Gasteiger partial charge in [-0.15, -0.1) is 0 Å². The van der Waals surface area contributed by atoms with Gasteiger partial charge in [0.15, 0.2) is 29.1 Å². The van der Waals surface area contributed by atoms with Gasteiger partial charge in [0.1, 0.15) is 0 Å². The average Bonchev–Trinajstić information content (AvgIpc) is 2.83. The van der Waals surface area contributed by atoms with Crippen molar-refractivity contribution in [2.45, 2.75) is 38.2 Å². The molecule has 188 valence electrons. The molecule has 5 N–H and O–H groups in total. The summed E-state index contributed by atoms with van der Waals surface area (Å²) in [6.45, 7) is 0.303. The molecule has 0 bridgehead atoms. The van der Waals surface area contributed by atoms with Crippen LogP contribution in [0, 0.1) is 0 Å². The number of ether oxygens (including phenoxy) is 2. The molecule has 2 aromatic rings. The molecule has 0 aromatic heterocycles. The van der Waals surface area contributed by atoms with Gasteiger partial charge < -0.3 is 35.2 Å². The number of phenols is 4. The topological polar surface area (TPSA) is 163 Å². The van der Waals surface area contributed by atoms with E-state index in [9.17, 15) is 34.8 Å². The third-order valence-corrected chi connectivity index (χ3v) is 5.01. The van der Waals surface area contributed by atoms with Crippen LogP contribution in [0.25, 0.3) is 6.08 Å². The second-order valence-electron chi connectivity index (χ2n) is 7.71. The first kappa shape index (κ1) is 27.0. The van der Waals surface area contributed by atoms with Crippen LogP contribution in [0.15, 0.2) is 42.5 Å². The lowest BCUT2D eigenvalue weighted by Gasteiger charge is -2.17. The number of phenolic OH excluding ortho intramolecular Hbond substituents is 4. The van der Waals surface area contributed by atoms with E-state index in [0.717, 1.165) is 6.08 Å². The highest BCUT2D eigenvalue weighted by molar-refractivity contribution is 5.90. The maximum absolute atomic E-state index is 12.7. The molecule has 0 aliphatic heterocycles. The summed E-state index contributed by atoms with van der Waals surface area (Å²) in [4.78, 5) is 36.2. The molecule has 2 rings (SSSR count). The van der Waals surface area contributed by atoms with Crippen molar-refractivity contribution in [1.29, 1.82) is 0 Å². The Kier molecular flexibility index (Phi) is 10.4. The molecule has 10 nitrogen and oxygen atoms in total. The Morgan fingerprint density at radius 3 is 2.26 bits per heavy atom. The van der Waals surface area contributed by atoms with Gasteiger partial charge in [-0.25, -0.2) is 4.79 Å². The summed E-state index contributed by atoms with van der Waals surface area (Å²) in [5.74, 6) is -3.01. The number of unbranched alkanes of at least 4 members (excludes halogenated alkanes) is 2. The van der Waals surface area contributed by atoms with Gasteiger partial charge in [-0.05, 0) is 54.3 Å². The van der Waals surface area contributed by atoms with Crippen LogP contribution in [-0.2, 0) is 30.3 Å². The maximum Gasteiger partial charge on any atom is 0.331 e. The predicted molar refractivity (Wildman–Crippen MR) is 126 cm³/mol. The molecule has 0 aliphatic rings. The molecule has 0 unspecified atom stereocenters. The van der Waals surface area contributed by atoms with Crippen LogP contribution < -0.4 is 5.32 Å². The highest BCUT2D eigenvalue weighted by Crippen LogP contribution is 2.26. The number of carbonyl (C=O) groups excluding carboxylic acids is 3. The highest BCUT2D eigenvalue weighted by Gasteiger charge is 2.23. The normalized spacial score (nSPS) is 11.7. The monoisotopic (exact) mass is 487 g/mol. The lowest BCUT2D eigenvalue weighted by Crippen LogP contribution is -2.39. The minimum absolute atomic E-state index is 0.0540. The largest absolute Gasteiger partial charge is 0.504 e. The van der Waals surface area contributed by atoms with E-state index < -0.39 is 18.0 Å². The number of nitrogens with one attached hydrogen (secondary N) is 1. The number of rotatable bonds is 12.